The van der Waals surface area contributed by atoms with Gasteiger partial charge in [-0.1, -0.05) is 45.0 Å². The molecule has 1 aromatic carbocycles. The number of hydrogen-bond acceptors (Lipinski definition) is 2. The van der Waals surface area contributed by atoms with Crippen LogP contribution in [0.25, 0.3) is 0 Å². The highest BCUT2D eigenvalue weighted by Crippen LogP contribution is 2.23. The van der Waals surface area contributed by atoms with Gasteiger partial charge in [-0.15, -0.1) is 0 Å². The van der Waals surface area contributed by atoms with E-state index in [9.17, 15) is 0 Å². The van der Waals surface area contributed by atoms with Crippen molar-refractivity contribution in [2.24, 2.45) is 0 Å². The van der Waals surface area contributed by atoms with Gasteiger partial charge in [0.25, 0.3) is 0 Å². The number of aromatic nitrogens is 2. The fraction of sp³-hybridized carbons (Fsp3) is 0.500. The number of nitrogens with one attached hydrogen (secondary N) is 1. The average Bonchev–Trinajstić information content (AvgIpc) is 2.96. The van der Waals surface area contributed by atoms with E-state index in [0.29, 0.717) is 5.92 Å². The SMILES string of the molecule is CCCNC(c1ccc(C(C)C)cc1)c1nccn1CC. The molecule has 2 rings (SSSR count). The lowest BCUT2D eigenvalue weighted by molar-refractivity contribution is 0.541. The third-order valence-corrected chi connectivity index (χ3v) is 3.88. The Hall–Kier alpha value is -1.61. The molecule has 1 N–H and O–H groups in total. The molecule has 3 heteroatoms. The Bertz CT molecular complexity index is 540. The summed E-state index contributed by atoms with van der Waals surface area (Å²) in [5.74, 6) is 1.67. The third-order valence-electron chi connectivity index (χ3n) is 3.88. The predicted octanol–water partition coefficient (Wildman–Crippen LogP) is 4.12. The first-order chi connectivity index (χ1) is 10.2. The molecule has 1 unspecified atom stereocenters. The first kappa shape index (κ1) is 15.8. The van der Waals surface area contributed by atoms with E-state index >= 15 is 0 Å². The molecule has 0 amide bonds. The van der Waals surface area contributed by atoms with Crippen LogP contribution in [0.2, 0.25) is 0 Å². The zero-order valence-electron chi connectivity index (χ0n) is 13.6. The quantitative estimate of drug-likeness (QED) is 0.829. The standard InChI is InChI=1S/C18H27N3/c1-5-11-19-17(18-20-12-13-21(18)6-2)16-9-7-15(8-10-16)14(3)4/h7-10,12-14,17,19H,5-6,11H2,1-4H3. The van der Waals surface area contributed by atoms with Gasteiger partial charge in [0.05, 0.1) is 6.04 Å². The maximum Gasteiger partial charge on any atom is 0.130 e. The van der Waals surface area contributed by atoms with Gasteiger partial charge in [0.15, 0.2) is 0 Å². The van der Waals surface area contributed by atoms with Crippen molar-refractivity contribution in [2.75, 3.05) is 6.54 Å². The Labute approximate surface area is 128 Å². The summed E-state index contributed by atoms with van der Waals surface area (Å²) in [5.41, 5.74) is 2.67. The molecule has 0 aliphatic rings. The Balaban J connectivity index is 2.31. The average molecular weight is 285 g/mol. The molecule has 0 aliphatic heterocycles. The highest BCUT2D eigenvalue weighted by molar-refractivity contribution is 5.30. The highest BCUT2D eigenvalue weighted by Gasteiger charge is 2.18. The van der Waals surface area contributed by atoms with Crippen LogP contribution in [0.15, 0.2) is 36.7 Å². The van der Waals surface area contributed by atoms with Crippen molar-refractivity contribution in [1.29, 1.82) is 0 Å². The van der Waals surface area contributed by atoms with Gasteiger partial charge in [-0.05, 0) is 36.9 Å². The van der Waals surface area contributed by atoms with E-state index in [1.54, 1.807) is 0 Å². The molecule has 0 saturated carbocycles. The Morgan fingerprint density at radius 1 is 1.10 bits per heavy atom. The molecule has 2 aromatic rings. The monoisotopic (exact) mass is 285 g/mol. The van der Waals surface area contributed by atoms with Gasteiger partial charge in [0.2, 0.25) is 0 Å². The Morgan fingerprint density at radius 3 is 2.33 bits per heavy atom. The van der Waals surface area contributed by atoms with Crippen molar-refractivity contribution in [3.63, 3.8) is 0 Å². The molecular formula is C18H27N3. The van der Waals surface area contributed by atoms with Crippen LogP contribution in [0, 0.1) is 0 Å². The highest BCUT2D eigenvalue weighted by atomic mass is 15.1. The van der Waals surface area contributed by atoms with E-state index < -0.39 is 0 Å². The minimum absolute atomic E-state index is 0.168. The first-order valence-electron chi connectivity index (χ1n) is 8.01. The second-order valence-corrected chi connectivity index (χ2v) is 5.78. The van der Waals surface area contributed by atoms with Gasteiger partial charge in [-0.3, -0.25) is 0 Å². The number of nitrogens with zero attached hydrogens (tertiary/aromatic N) is 2. The molecule has 1 aromatic heterocycles. The van der Waals surface area contributed by atoms with E-state index in [2.05, 4.69) is 73.0 Å². The van der Waals surface area contributed by atoms with Crippen LogP contribution in [0.4, 0.5) is 0 Å². The van der Waals surface area contributed by atoms with Crippen molar-refractivity contribution in [3.05, 3.63) is 53.6 Å². The number of hydrogen-bond donors (Lipinski definition) is 1. The molecule has 1 atom stereocenters. The Morgan fingerprint density at radius 2 is 1.76 bits per heavy atom. The van der Waals surface area contributed by atoms with Crippen molar-refractivity contribution < 1.29 is 0 Å². The van der Waals surface area contributed by atoms with Gasteiger partial charge >= 0.3 is 0 Å². The van der Waals surface area contributed by atoms with Crippen molar-refractivity contribution in [3.8, 4) is 0 Å². The number of aryl methyl sites for hydroxylation is 1. The van der Waals surface area contributed by atoms with Crippen LogP contribution >= 0.6 is 0 Å². The molecule has 0 bridgehead atoms. The molecule has 0 saturated heterocycles. The van der Waals surface area contributed by atoms with Crippen molar-refractivity contribution in [1.82, 2.24) is 14.9 Å². The van der Waals surface area contributed by atoms with Crippen LogP contribution in [0.1, 0.15) is 63.0 Å². The van der Waals surface area contributed by atoms with E-state index in [0.717, 1.165) is 25.3 Å². The van der Waals surface area contributed by atoms with E-state index in [1.165, 1.54) is 11.1 Å². The Kier molecular flexibility index (Phi) is 5.57. The minimum atomic E-state index is 0.168. The molecule has 0 fully saturated rings. The summed E-state index contributed by atoms with van der Waals surface area (Å²) in [4.78, 5) is 4.57. The fourth-order valence-corrected chi connectivity index (χ4v) is 2.57. The zero-order valence-corrected chi connectivity index (χ0v) is 13.6. The van der Waals surface area contributed by atoms with Crippen LogP contribution in [-0.2, 0) is 6.54 Å². The van der Waals surface area contributed by atoms with E-state index in [1.807, 2.05) is 6.20 Å². The third kappa shape index (κ3) is 3.73. The zero-order chi connectivity index (χ0) is 15.2. The second kappa shape index (κ2) is 7.41. The van der Waals surface area contributed by atoms with Gasteiger partial charge in [-0.2, -0.15) is 0 Å². The molecule has 21 heavy (non-hydrogen) atoms. The maximum absolute atomic E-state index is 4.57. The molecule has 1 heterocycles. The maximum atomic E-state index is 4.57. The molecule has 0 radical (unpaired) electrons. The lowest BCUT2D eigenvalue weighted by atomic mass is 9.98. The molecule has 114 valence electrons. The summed E-state index contributed by atoms with van der Waals surface area (Å²) in [6.07, 6.45) is 5.06. The lowest BCUT2D eigenvalue weighted by Gasteiger charge is -2.20. The second-order valence-electron chi connectivity index (χ2n) is 5.78. The van der Waals surface area contributed by atoms with Crippen LogP contribution < -0.4 is 5.32 Å². The topological polar surface area (TPSA) is 29.9 Å². The van der Waals surface area contributed by atoms with Gasteiger partial charge in [0.1, 0.15) is 5.82 Å². The normalized spacial score (nSPS) is 12.8. The summed E-state index contributed by atoms with van der Waals surface area (Å²) < 4.78 is 2.21. The first-order valence-corrected chi connectivity index (χ1v) is 8.01. The lowest BCUT2D eigenvalue weighted by Crippen LogP contribution is -2.26. The molecule has 3 nitrogen and oxygen atoms in total. The van der Waals surface area contributed by atoms with Crippen LogP contribution in [0.3, 0.4) is 0 Å². The summed E-state index contributed by atoms with van der Waals surface area (Å²) in [7, 11) is 0. The molecule has 0 spiro atoms. The largest absolute Gasteiger partial charge is 0.334 e. The minimum Gasteiger partial charge on any atom is -0.334 e. The summed E-state index contributed by atoms with van der Waals surface area (Å²) in [6.45, 7) is 10.7. The summed E-state index contributed by atoms with van der Waals surface area (Å²) >= 11 is 0. The number of rotatable bonds is 7. The van der Waals surface area contributed by atoms with Crippen LogP contribution in [0.5, 0.6) is 0 Å². The van der Waals surface area contributed by atoms with Crippen molar-refractivity contribution in [2.45, 2.75) is 52.6 Å². The number of benzene rings is 1. The smallest absolute Gasteiger partial charge is 0.130 e. The molecular weight excluding hydrogens is 258 g/mol. The molecule has 0 aliphatic carbocycles. The van der Waals surface area contributed by atoms with E-state index in [4.69, 9.17) is 0 Å². The summed E-state index contributed by atoms with van der Waals surface area (Å²) in [5, 5.41) is 3.63. The predicted molar refractivity (Wildman–Crippen MR) is 88.6 cm³/mol. The van der Waals surface area contributed by atoms with Crippen molar-refractivity contribution >= 4 is 0 Å². The summed E-state index contributed by atoms with van der Waals surface area (Å²) in [6, 6.07) is 9.11. The van der Waals surface area contributed by atoms with Gasteiger partial charge in [-0.25, -0.2) is 4.98 Å². The van der Waals surface area contributed by atoms with E-state index in [-0.39, 0.29) is 6.04 Å². The van der Waals surface area contributed by atoms with Gasteiger partial charge < -0.3 is 9.88 Å². The van der Waals surface area contributed by atoms with Crippen LogP contribution in [-0.4, -0.2) is 16.1 Å². The number of imidazole rings is 1. The fourth-order valence-electron chi connectivity index (χ4n) is 2.57. The van der Waals surface area contributed by atoms with Gasteiger partial charge in [0, 0.05) is 18.9 Å².